The molecular formula is C15H16F3N3O4S. The summed E-state index contributed by atoms with van der Waals surface area (Å²) >= 11 is 0. The van der Waals surface area contributed by atoms with Crippen molar-refractivity contribution in [3.8, 4) is 0 Å². The maximum Gasteiger partial charge on any atom is 0.471 e. The lowest BCUT2D eigenvalue weighted by Crippen LogP contribution is -2.29. The van der Waals surface area contributed by atoms with Crippen LogP contribution in [-0.4, -0.2) is 25.7 Å². The van der Waals surface area contributed by atoms with Gasteiger partial charge in [0.05, 0.1) is 4.90 Å². The maximum absolute atomic E-state index is 12.3. The van der Waals surface area contributed by atoms with Crippen LogP contribution >= 0.6 is 0 Å². The Balaban J connectivity index is 2.14. The highest BCUT2D eigenvalue weighted by Gasteiger charge is 2.38. The highest BCUT2D eigenvalue weighted by molar-refractivity contribution is 7.92. The number of nitrogens with one attached hydrogen (secondary N) is 2. The zero-order valence-corrected chi connectivity index (χ0v) is 14.8. The summed E-state index contributed by atoms with van der Waals surface area (Å²) in [5.74, 6) is -1.70. The van der Waals surface area contributed by atoms with Crippen LogP contribution in [-0.2, 0) is 20.2 Å². The molecule has 0 aliphatic rings. The van der Waals surface area contributed by atoms with Crippen LogP contribution in [0.4, 0.5) is 24.7 Å². The predicted molar refractivity (Wildman–Crippen MR) is 87.1 cm³/mol. The van der Waals surface area contributed by atoms with Crippen LogP contribution in [0.5, 0.6) is 0 Å². The lowest BCUT2D eigenvalue weighted by atomic mass is 9.93. The summed E-state index contributed by atoms with van der Waals surface area (Å²) in [4.78, 5) is 10.6. The molecule has 0 bridgehead atoms. The van der Waals surface area contributed by atoms with Crippen LogP contribution in [0.2, 0.25) is 0 Å². The number of aromatic nitrogens is 1. The van der Waals surface area contributed by atoms with E-state index < -0.39 is 22.1 Å². The zero-order valence-electron chi connectivity index (χ0n) is 14.0. The Morgan fingerprint density at radius 3 is 2.15 bits per heavy atom. The van der Waals surface area contributed by atoms with Gasteiger partial charge in [0.1, 0.15) is 5.76 Å². The first-order chi connectivity index (χ1) is 11.8. The molecule has 0 atom stereocenters. The Bertz CT molecular complexity index is 897. The SMILES string of the molecule is CC(C)(C)c1cc(NS(=O)(=O)c2ccc(NC(=O)C(F)(F)F)cc2)no1. The average molecular weight is 391 g/mol. The molecule has 142 valence electrons. The van der Waals surface area contributed by atoms with Gasteiger partial charge in [-0.1, -0.05) is 25.9 Å². The van der Waals surface area contributed by atoms with E-state index in [4.69, 9.17) is 4.52 Å². The summed E-state index contributed by atoms with van der Waals surface area (Å²) < 4.78 is 68.5. The van der Waals surface area contributed by atoms with Gasteiger partial charge < -0.3 is 9.84 Å². The number of nitrogens with zero attached hydrogens (tertiary/aromatic N) is 1. The van der Waals surface area contributed by atoms with Crippen LogP contribution in [0.15, 0.2) is 39.8 Å². The first kappa shape index (κ1) is 19.8. The van der Waals surface area contributed by atoms with E-state index in [1.165, 1.54) is 6.07 Å². The van der Waals surface area contributed by atoms with Crippen molar-refractivity contribution in [1.29, 1.82) is 0 Å². The molecule has 0 spiro atoms. The van der Waals surface area contributed by atoms with Crippen molar-refractivity contribution >= 4 is 27.4 Å². The van der Waals surface area contributed by atoms with Gasteiger partial charge in [-0.25, -0.2) is 8.42 Å². The van der Waals surface area contributed by atoms with Crippen molar-refractivity contribution in [2.75, 3.05) is 10.0 Å². The van der Waals surface area contributed by atoms with Gasteiger partial charge >= 0.3 is 12.1 Å². The fraction of sp³-hybridized carbons (Fsp3) is 0.333. The minimum atomic E-state index is -5.04. The monoisotopic (exact) mass is 391 g/mol. The lowest BCUT2D eigenvalue weighted by molar-refractivity contribution is -0.167. The van der Waals surface area contributed by atoms with E-state index in [1.807, 2.05) is 20.8 Å². The molecule has 0 radical (unpaired) electrons. The predicted octanol–water partition coefficient (Wildman–Crippen LogP) is 3.27. The van der Waals surface area contributed by atoms with Crippen molar-refractivity contribution in [1.82, 2.24) is 5.16 Å². The Morgan fingerprint density at radius 1 is 1.12 bits per heavy atom. The second-order valence-electron chi connectivity index (χ2n) is 6.41. The number of rotatable bonds is 4. The molecule has 1 aromatic heterocycles. The molecule has 7 nitrogen and oxygen atoms in total. The third kappa shape index (κ3) is 4.75. The van der Waals surface area contributed by atoms with Crippen molar-refractivity contribution in [2.45, 2.75) is 37.3 Å². The molecule has 1 aromatic carbocycles. The number of alkyl halides is 3. The van der Waals surface area contributed by atoms with Crippen molar-refractivity contribution in [3.63, 3.8) is 0 Å². The Labute approximate surface area is 147 Å². The van der Waals surface area contributed by atoms with E-state index >= 15 is 0 Å². The Hall–Kier alpha value is -2.56. The van der Waals surface area contributed by atoms with E-state index in [0.717, 1.165) is 24.3 Å². The van der Waals surface area contributed by atoms with Gasteiger partial charge in [0.25, 0.3) is 10.0 Å². The molecule has 1 amide bonds. The van der Waals surface area contributed by atoms with E-state index in [2.05, 4.69) is 9.88 Å². The number of hydrogen-bond donors (Lipinski definition) is 2. The van der Waals surface area contributed by atoms with Crippen LogP contribution in [0.25, 0.3) is 0 Å². The molecule has 0 saturated carbocycles. The zero-order chi connectivity index (χ0) is 19.8. The summed E-state index contributed by atoms with van der Waals surface area (Å²) in [6.07, 6.45) is -5.04. The smallest absolute Gasteiger partial charge is 0.359 e. The average Bonchev–Trinajstić information content (AvgIpc) is 2.94. The standard InChI is InChI=1S/C15H16F3N3O4S/c1-14(2,3)11-8-12(20-25-11)21-26(23,24)10-6-4-9(5-7-10)19-13(22)15(16,17)18/h4-8H,1-3H3,(H,19,22)(H,20,21). The second-order valence-corrected chi connectivity index (χ2v) is 8.09. The fourth-order valence-corrected chi connectivity index (χ4v) is 2.78. The number of sulfonamides is 1. The Morgan fingerprint density at radius 2 is 1.69 bits per heavy atom. The summed E-state index contributed by atoms with van der Waals surface area (Å²) in [5.41, 5.74) is -0.558. The number of carbonyl (C=O) groups excluding carboxylic acids is 1. The molecule has 0 aliphatic heterocycles. The highest BCUT2D eigenvalue weighted by atomic mass is 32.2. The minimum absolute atomic E-state index is 0.0237. The summed E-state index contributed by atoms with van der Waals surface area (Å²) in [6.45, 7) is 5.58. The minimum Gasteiger partial charge on any atom is -0.359 e. The second kappa shape index (κ2) is 6.63. The van der Waals surface area contributed by atoms with Crippen LogP contribution in [0.3, 0.4) is 0 Å². The molecule has 0 saturated heterocycles. The van der Waals surface area contributed by atoms with E-state index in [9.17, 15) is 26.4 Å². The highest BCUT2D eigenvalue weighted by Crippen LogP contribution is 2.26. The van der Waals surface area contributed by atoms with Crippen molar-refractivity contribution < 1.29 is 30.9 Å². The van der Waals surface area contributed by atoms with E-state index in [0.29, 0.717) is 5.76 Å². The molecule has 2 rings (SSSR count). The van der Waals surface area contributed by atoms with Gasteiger partial charge in [-0.05, 0) is 24.3 Å². The topological polar surface area (TPSA) is 101 Å². The molecule has 26 heavy (non-hydrogen) atoms. The van der Waals surface area contributed by atoms with Crippen molar-refractivity contribution in [3.05, 3.63) is 36.1 Å². The van der Waals surface area contributed by atoms with Crippen LogP contribution < -0.4 is 10.0 Å². The molecule has 11 heteroatoms. The number of amides is 1. The lowest BCUT2D eigenvalue weighted by Gasteiger charge is -2.12. The molecular weight excluding hydrogens is 375 g/mol. The summed E-state index contributed by atoms with van der Waals surface area (Å²) in [5, 5.41) is 5.25. The van der Waals surface area contributed by atoms with Gasteiger partial charge in [-0.15, -0.1) is 0 Å². The van der Waals surface area contributed by atoms with Gasteiger partial charge in [0, 0.05) is 17.2 Å². The third-order valence-corrected chi connectivity index (χ3v) is 4.54. The van der Waals surface area contributed by atoms with Crippen LogP contribution in [0.1, 0.15) is 26.5 Å². The molecule has 1 heterocycles. The fourth-order valence-electron chi connectivity index (χ4n) is 1.79. The van der Waals surface area contributed by atoms with Gasteiger partial charge in [0.2, 0.25) is 0 Å². The number of benzene rings is 1. The number of halogens is 3. The van der Waals surface area contributed by atoms with Gasteiger partial charge in [-0.2, -0.15) is 13.2 Å². The van der Waals surface area contributed by atoms with E-state index in [-0.39, 0.29) is 21.8 Å². The largest absolute Gasteiger partial charge is 0.471 e. The first-order valence-electron chi connectivity index (χ1n) is 7.27. The van der Waals surface area contributed by atoms with Crippen LogP contribution in [0, 0.1) is 0 Å². The summed E-state index contributed by atoms with van der Waals surface area (Å²) in [7, 11) is -4.03. The number of anilines is 2. The molecule has 2 N–H and O–H groups in total. The Kier molecular flexibility index (Phi) is 5.04. The molecule has 2 aromatic rings. The van der Waals surface area contributed by atoms with Gasteiger partial charge in [-0.3, -0.25) is 9.52 Å². The molecule has 0 aliphatic carbocycles. The molecule has 0 unspecified atom stereocenters. The number of hydrogen-bond acceptors (Lipinski definition) is 5. The van der Waals surface area contributed by atoms with E-state index in [1.54, 1.807) is 5.32 Å². The quantitative estimate of drug-likeness (QED) is 0.833. The van der Waals surface area contributed by atoms with Gasteiger partial charge in [0.15, 0.2) is 5.82 Å². The summed E-state index contributed by atoms with van der Waals surface area (Å²) in [6, 6.07) is 5.64. The number of carbonyl (C=O) groups is 1. The maximum atomic E-state index is 12.3. The normalized spacial score (nSPS) is 12.7. The third-order valence-electron chi connectivity index (χ3n) is 3.17. The van der Waals surface area contributed by atoms with Crippen molar-refractivity contribution in [2.24, 2.45) is 0 Å². The first-order valence-corrected chi connectivity index (χ1v) is 8.75. The molecule has 0 fully saturated rings.